The minimum Gasteiger partial charge on any atom is -0.450 e. The van der Waals surface area contributed by atoms with Gasteiger partial charge in [0.05, 0.1) is 0 Å². The topological polar surface area (TPSA) is 18.5 Å². The van der Waals surface area contributed by atoms with E-state index in [2.05, 4.69) is 45.0 Å². The quantitative estimate of drug-likeness (QED) is 0.679. The van der Waals surface area contributed by atoms with Crippen molar-refractivity contribution in [3.05, 3.63) is 36.4 Å². The van der Waals surface area contributed by atoms with Crippen molar-refractivity contribution >= 4 is 10.8 Å². The summed E-state index contributed by atoms with van der Waals surface area (Å²) >= 11 is 0. The normalized spacial score (nSPS) is 15.5. The largest absolute Gasteiger partial charge is 0.450 e. The van der Waals surface area contributed by atoms with Crippen LogP contribution in [0.1, 0.15) is 20.8 Å². The maximum atomic E-state index is 5.86. The molecule has 2 nitrogen and oxygen atoms in total. The Bertz CT molecular complexity index is 522. The predicted octanol–water partition coefficient (Wildman–Crippen LogP) is 3.98. The Kier molecular flexibility index (Phi) is 2.09. The van der Waals surface area contributed by atoms with E-state index < -0.39 is 0 Å². The van der Waals surface area contributed by atoms with E-state index in [1.807, 2.05) is 12.1 Å². The average Bonchev–Trinajstić information content (AvgIpc) is 2.68. The summed E-state index contributed by atoms with van der Waals surface area (Å²) in [5, 5.41) is 2.37. The first-order chi connectivity index (χ1) is 8.04. The zero-order valence-corrected chi connectivity index (χ0v) is 10.4. The molecule has 1 heterocycles. The van der Waals surface area contributed by atoms with Crippen molar-refractivity contribution < 1.29 is 9.47 Å². The molecule has 0 fully saturated rings. The van der Waals surface area contributed by atoms with Crippen LogP contribution in [0.25, 0.3) is 10.8 Å². The van der Waals surface area contributed by atoms with Crippen LogP contribution in [0.3, 0.4) is 0 Å². The molecule has 2 heteroatoms. The van der Waals surface area contributed by atoms with E-state index in [1.165, 1.54) is 10.8 Å². The predicted molar refractivity (Wildman–Crippen MR) is 68.4 cm³/mol. The Morgan fingerprint density at radius 3 is 1.76 bits per heavy atom. The summed E-state index contributed by atoms with van der Waals surface area (Å²) in [6.45, 7) is 6.34. The van der Waals surface area contributed by atoms with E-state index in [9.17, 15) is 0 Å². The van der Waals surface area contributed by atoms with Gasteiger partial charge in [-0.2, -0.15) is 0 Å². The number of fused-ring (bicyclic) bond motifs is 2. The molecule has 0 unspecified atom stereocenters. The zero-order chi connectivity index (χ0) is 12.0. The van der Waals surface area contributed by atoms with Crippen LogP contribution >= 0.6 is 0 Å². The lowest BCUT2D eigenvalue weighted by molar-refractivity contribution is -0.0395. The van der Waals surface area contributed by atoms with Gasteiger partial charge in [0.1, 0.15) is 0 Å². The highest BCUT2D eigenvalue weighted by molar-refractivity contribution is 5.86. The van der Waals surface area contributed by atoms with Gasteiger partial charge in [-0.1, -0.05) is 45.0 Å². The van der Waals surface area contributed by atoms with Crippen LogP contribution in [-0.2, 0) is 0 Å². The van der Waals surface area contributed by atoms with E-state index in [1.54, 1.807) is 0 Å². The molecule has 2 aromatic carbocycles. The van der Waals surface area contributed by atoms with Crippen molar-refractivity contribution in [3.8, 4) is 11.5 Å². The molecule has 2 aromatic rings. The molecule has 1 aliphatic heterocycles. The highest BCUT2D eigenvalue weighted by Gasteiger charge is 2.34. The summed E-state index contributed by atoms with van der Waals surface area (Å²) in [6, 6.07) is 12.3. The number of benzene rings is 2. The van der Waals surface area contributed by atoms with E-state index in [-0.39, 0.29) is 11.7 Å². The minimum absolute atomic E-state index is 0.0226. The van der Waals surface area contributed by atoms with Gasteiger partial charge in [-0.25, -0.2) is 0 Å². The highest BCUT2D eigenvalue weighted by atomic mass is 16.7. The van der Waals surface area contributed by atoms with Crippen molar-refractivity contribution in [1.82, 2.24) is 0 Å². The maximum Gasteiger partial charge on any atom is 0.246 e. The number of hydrogen-bond donors (Lipinski definition) is 0. The first-order valence-electron chi connectivity index (χ1n) is 5.90. The molecule has 0 spiro atoms. The number of ether oxygens (including phenoxy) is 2. The monoisotopic (exact) mass is 228 g/mol. The smallest absolute Gasteiger partial charge is 0.246 e. The van der Waals surface area contributed by atoms with Gasteiger partial charge in [-0.05, 0) is 22.9 Å². The van der Waals surface area contributed by atoms with Gasteiger partial charge in [0.2, 0.25) is 6.29 Å². The van der Waals surface area contributed by atoms with Crippen molar-refractivity contribution in [2.24, 2.45) is 5.41 Å². The van der Waals surface area contributed by atoms with Crippen LogP contribution < -0.4 is 9.47 Å². The molecule has 1 aliphatic rings. The molecule has 0 saturated carbocycles. The fourth-order valence-electron chi connectivity index (χ4n) is 1.99. The molecule has 0 saturated heterocycles. The van der Waals surface area contributed by atoms with Crippen molar-refractivity contribution in [1.29, 1.82) is 0 Å². The number of rotatable bonds is 0. The lowest BCUT2D eigenvalue weighted by Crippen LogP contribution is -2.33. The Hall–Kier alpha value is -1.70. The molecule has 0 aromatic heterocycles. The van der Waals surface area contributed by atoms with Crippen LogP contribution in [0.5, 0.6) is 11.5 Å². The fraction of sp³-hybridized carbons (Fsp3) is 0.333. The van der Waals surface area contributed by atoms with Crippen LogP contribution in [-0.4, -0.2) is 6.29 Å². The second-order valence-corrected chi connectivity index (χ2v) is 5.58. The van der Waals surface area contributed by atoms with Crippen molar-refractivity contribution in [3.63, 3.8) is 0 Å². The van der Waals surface area contributed by atoms with Crippen LogP contribution in [0, 0.1) is 5.41 Å². The van der Waals surface area contributed by atoms with E-state index >= 15 is 0 Å². The third-order valence-corrected chi connectivity index (χ3v) is 2.99. The average molecular weight is 228 g/mol. The molecular weight excluding hydrogens is 212 g/mol. The van der Waals surface area contributed by atoms with Gasteiger partial charge in [-0.3, -0.25) is 0 Å². The first-order valence-corrected chi connectivity index (χ1v) is 5.90. The summed E-state index contributed by atoms with van der Waals surface area (Å²) in [4.78, 5) is 0. The van der Waals surface area contributed by atoms with E-state index in [0.717, 1.165) is 11.5 Å². The van der Waals surface area contributed by atoms with Gasteiger partial charge < -0.3 is 9.47 Å². The Morgan fingerprint density at radius 1 is 0.882 bits per heavy atom. The molecule has 3 rings (SSSR count). The second kappa shape index (κ2) is 3.39. The van der Waals surface area contributed by atoms with Crippen LogP contribution in [0.2, 0.25) is 0 Å². The number of hydrogen-bond acceptors (Lipinski definition) is 2. The zero-order valence-electron chi connectivity index (χ0n) is 10.4. The van der Waals surface area contributed by atoms with Crippen molar-refractivity contribution in [2.45, 2.75) is 27.1 Å². The van der Waals surface area contributed by atoms with Crippen LogP contribution in [0.15, 0.2) is 36.4 Å². The molecular formula is C15H16O2. The minimum atomic E-state index is -0.200. The van der Waals surface area contributed by atoms with Gasteiger partial charge in [0.25, 0.3) is 0 Å². The molecule has 0 atom stereocenters. The van der Waals surface area contributed by atoms with Crippen molar-refractivity contribution in [2.75, 3.05) is 0 Å². The summed E-state index contributed by atoms with van der Waals surface area (Å²) in [5.41, 5.74) is -0.0226. The third-order valence-electron chi connectivity index (χ3n) is 2.99. The Balaban J connectivity index is 2.06. The molecule has 0 radical (unpaired) electrons. The summed E-state index contributed by atoms with van der Waals surface area (Å²) < 4.78 is 11.7. The molecule has 88 valence electrons. The lowest BCUT2D eigenvalue weighted by atomic mass is 9.96. The summed E-state index contributed by atoms with van der Waals surface area (Å²) in [6.07, 6.45) is -0.200. The highest BCUT2D eigenvalue weighted by Crippen LogP contribution is 2.42. The maximum absolute atomic E-state index is 5.86. The van der Waals surface area contributed by atoms with Gasteiger partial charge in [-0.15, -0.1) is 0 Å². The Morgan fingerprint density at radius 2 is 1.35 bits per heavy atom. The molecule has 17 heavy (non-hydrogen) atoms. The second-order valence-electron chi connectivity index (χ2n) is 5.58. The summed E-state index contributed by atoms with van der Waals surface area (Å²) in [7, 11) is 0. The standard InChI is InChI=1S/C15H16O2/c1-15(2,3)14-16-12-8-10-6-4-5-7-11(10)9-13(12)17-14/h4-9,14H,1-3H3. The SMILES string of the molecule is CC(C)(C)C1Oc2cc3ccccc3cc2O1. The van der Waals surface area contributed by atoms with E-state index in [0.29, 0.717) is 0 Å². The third kappa shape index (κ3) is 1.74. The fourth-order valence-corrected chi connectivity index (χ4v) is 1.99. The Labute approximate surface area is 101 Å². The summed E-state index contributed by atoms with van der Waals surface area (Å²) in [5.74, 6) is 1.70. The first kappa shape index (κ1) is 10.5. The molecule has 0 aliphatic carbocycles. The van der Waals surface area contributed by atoms with Gasteiger partial charge in [0, 0.05) is 5.41 Å². The van der Waals surface area contributed by atoms with Crippen LogP contribution in [0.4, 0.5) is 0 Å². The van der Waals surface area contributed by atoms with E-state index in [4.69, 9.17) is 9.47 Å². The molecule has 0 N–H and O–H groups in total. The van der Waals surface area contributed by atoms with Gasteiger partial charge in [0.15, 0.2) is 11.5 Å². The lowest BCUT2D eigenvalue weighted by Gasteiger charge is -2.24. The van der Waals surface area contributed by atoms with Gasteiger partial charge >= 0.3 is 0 Å². The molecule has 0 bridgehead atoms. The molecule has 0 amide bonds.